The fourth-order valence-corrected chi connectivity index (χ4v) is 4.54. The van der Waals surface area contributed by atoms with Crippen molar-refractivity contribution in [3.63, 3.8) is 0 Å². The summed E-state index contributed by atoms with van der Waals surface area (Å²) in [6.45, 7) is 3.57. The first-order chi connectivity index (χ1) is 14.3. The van der Waals surface area contributed by atoms with E-state index in [1.165, 1.54) is 33.4 Å². The summed E-state index contributed by atoms with van der Waals surface area (Å²) in [5, 5.41) is 0. The van der Waals surface area contributed by atoms with Crippen LogP contribution < -0.4 is 0 Å². The summed E-state index contributed by atoms with van der Waals surface area (Å²) in [5.74, 6) is 0. The predicted molar refractivity (Wildman–Crippen MR) is 109 cm³/mol. The summed E-state index contributed by atoms with van der Waals surface area (Å²) in [4.78, 5) is 0. The van der Waals surface area contributed by atoms with Crippen molar-refractivity contribution in [3.8, 4) is 0 Å². The Bertz CT molecular complexity index is 877. The Kier molecular flexibility index (Phi) is 4.68. The lowest BCUT2D eigenvalue weighted by atomic mass is 9.82. The Morgan fingerprint density at radius 3 is 1.62 bits per heavy atom. The first kappa shape index (κ1) is 18.1. The molecule has 0 bridgehead atoms. The van der Waals surface area contributed by atoms with E-state index in [0.717, 1.165) is 58.5 Å². The summed E-state index contributed by atoms with van der Waals surface area (Å²) in [6, 6.07) is 13.3. The number of epoxide rings is 4. The van der Waals surface area contributed by atoms with Crippen LogP contribution in [0.1, 0.15) is 33.4 Å². The van der Waals surface area contributed by atoms with Crippen molar-refractivity contribution in [1.29, 1.82) is 0 Å². The van der Waals surface area contributed by atoms with Crippen molar-refractivity contribution < 1.29 is 18.9 Å². The van der Waals surface area contributed by atoms with Gasteiger partial charge in [-0.3, -0.25) is 0 Å². The molecule has 0 spiro atoms. The van der Waals surface area contributed by atoms with Crippen LogP contribution in [0.2, 0.25) is 0 Å². The van der Waals surface area contributed by atoms with Gasteiger partial charge in [0.15, 0.2) is 0 Å². The average molecular weight is 392 g/mol. The van der Waals surface area contributed by atoms with Gasteiger partial charge in [-0.05, 0) is 39.8 Å². The number of rotatable bonds is 10. The molecule has 4 heteroatoms. The molecule has 0 aliphatic carbocycles. The average Bonchev–Trinajstić information content (AvgIpc) is 3.50. The Morgan fingerprint density at radius 2 is 1.07 bits per heavy atom. The molecule has 4 atom stereocenters. The van der Waals surface area contributed by atoms with E-state index in [9.17, 15) is 0 Å². The maximum absolute atomic E-state index is 5.67. The maximum Gasteiger partial charge on any atom is 0.0850 e. The normalized spacial score (nSPS) is 29.0. The van der Waals surface area contributed by atoms with Crippen LogP contribution in [0.25, 0.3) is 0 Å². The van der Waals surface area contributed by atoms with E-state index in [0.29, 0.717) is 24.4 Å². The third kappa shape index (κ3) is 4.56. The lowest BCUT2D eigenvalue weighted by molar-refractivity contribution is 0.395. The van der Waals surface area contributed by atoms with E-state index < -0.39 is 0 Å². The smallest absolute Gasteiger partial charge is 0.0850 e. The summed E-state index contributed by atoms with van der Waals surface area (Å²) in [7, 11) is 0. The molecule has 4 aliphatic heterocycles. The van der Waals surface area contributed by atoms with Crippen molar-refractivity contribution in [2.45, 2.75) is 56.5 Å². The van der Waals surface area contributed by atoms with Gasteiger partial charge in [-0.2, -0.15) is 0 Å². The van der Waals surface area contributed by atoms with Crippen molar-refractivity contribution in [2.24, 2.45) is 0 Å². The topological polar surface area (TPSA) is 50.1 Å². The fourth-order valence-electron chi connectivity index (χ4n) is 4.54. The van der Waals surface area contributed by atoms with Gasteiger partial charge in [0.25, 0.3) is 0 Å². The van der Waals surface area contributed by atoms with Crippen molar-refractivity contribution in [3.05, 3.63) is 69.8 Å². The van der Waals surface area contributed by atoms with Gasteiger partial charge in [0.1, 0.15) is 0 Å². The molecular formula is C25H28O4. The molecule has 0 amide bonds. The van der Waals surface area contributed by atoms with Gasteiger partial charge < -0.3 is 18.9 Å². The van der Waals surface area contributed by atoms with Crippen LogP contribution in [-0.2, 0) is 51.1 Å². The van der Waals surface area contributed by atoms with Crippen LogP contribution >= 0.6 is 0 Å². The van der Waals surface area contributed by atoms with E-state index in [4.69, 9.17) is 18.9 Å². The molecule has 4 saturated heterocycles. The SMILES string of the molecule is c1ccc(Cc2cc(CC3CO3)c(CC3CO3)c(CC3CO3)c2CC2CO2)cc1. The molecule has 4 heterocycles. The second kappa shape index (κ2) is 7.51. The van der Waals surface area contributed by atoms with Crippen LogP contribution in [0.15, 0.2) is 36.4 Å². The molecule has 4 aliphatic rings. The number of hydrogen-bond acceptors (Lipinski definition) is 4. The van der Waals surface area contributed by atoms with Crippen LogP contribution in [-0.4, -0.2) is 50.8 Å². The zero-order valence-corrected chi connectivity index (χ0v) is 16.8. The third-order valence-electron chi connectivity index (χ3n) is 6.44. The quantitative estimate of drug-likeness (QED) is 0.583. The Morgan fingerprint density at radius 1 is 0.586 bits per heavy atom. The Balaban J connectivity index is 1.44. The molecule has 0 N–H and O–H groups in total. The predicted octanol–water partition coefficient (Wildman–Crippen LogP) is 3.04. The molecule has 29 heavy (non-hydrogen) atoms. The van der Waals surface area contributed by atoms with Crippen molar-refractivity contribution in [2.75, 3.05) is 26.4 Å². The maximum atomic E-state index is 5.67. The van der Waals surface area contributed by atoms with Crippen molar-refractivity contribution >= 4 is 0 Å². The zero-order valence-electron chi connectivity index (χ0n) is 16.8. The highest BCUT2D eigenvalue weighted by atomic mass is 16.6. The van der Waals surface area contributed by atoms with Gasteiger partial charge in [-0.25, -0.2) is 0 Å². The van der Waals surface area contributed by atoms with Crippen molar-refractivity contribution in [1.82, 2.24) is 0 Å². The summed E-state index contributed by atoms with van der Waals surface area (Å²) in [5.41, 5.74) is 8.81. The largest absolute Gasteiger partial charge is 0.373 e. The van der Waals surface area contributed by atoms with E-state index in [1.807, 2.05) is 0 Å². The Labute approximate surface area is 172 Å². The van der Waals surface area contributed by atoms with E-state index in [1.54, 1.807) is 0 Å². The number of ether oxygens (including phenoxy) is 4. The fraction of sp³-hybridized carbons (Fsp3) is 0.520. The molecule has 4 unspecified atom stereocenters. The first-order valence-electron chi connectivity index (χ1n) is 11.0. The zero-order chi connectivity index (χ0) is 19.2. The molecule has 6 rings (SSSR count). The van der Waals surface area contributed by atoms with Gasteiger partial charge in [-0.1, -0.05) is 36.4 Å². The molecule has 0 aromatic heterocycles. The molecular weight excluding hydrogens is 364 g/mol. The molecule has 0 radical (unpaired) electrons. The highest BCUT2D eigenvalue weighted by Gasteiger charge is 2.34. The third-order valence-corrected chi connectivity index (χ3v) is 6.44. The second-order valence-corrected chi connectivity index (χ2v) is 8.93. The minimum atomic E-state index is 0.379. The van der Waals surface area contributed by atoms with Crippen LogP contribution in [0.4, 0.5) is 0 Å². The van der Waals surface area contributed by atoms with Gasteiger partial charge in [-0.15, -0.1) is 0 Å². The minimum absolute atomic E-state index is 0.379. The Hall–Kier alpha value is -1.72. The number of benzene rings is 2. The van der Waals surface area contributed by atoms with Crippen LogP contribution in [0, 0.1) is 0 Å². The second-order valence-electron chi connectivity index (χ2n) is 8.93. The van der Waals surface area contributed by atoms with Gasteiger partial charge in [0.05, 0.1) is 50.8 Å². The minimum Gasteiger partial charge on any atom is -0.373 e. The molecule has 152 valence electrons. The molecule has 4 fully saturated rings. The summed E-state index contributed by atoms with van der Waals surface area (Å²) < 4.78 is 22.6. The standard InChI is InChI=1S/C25H28O4/c1-2-4-16(5-3-1)6-17-7-18(8-19-12-26-19)24(10-21-14-28-21)25(11-22-15-29-22)23(17)9-20-13-27-20/h1-5,7,19-22H,6,8-15H2. The molecule has 2 aromatic carbocycles. The summed E-state index contributed by atoms with van der Waals surface area (Å²) in [6.07, 6.45) is 6.58. The first-order valence-corrected chi connectivity index (χ1v) is 11.0. The van der Waals surface area contributed by atoms with Crippen LogP contribution in [0.3, 0.4) is 0 Å². The number of hydrogen-bond donors (Lipinski definition) is 0. The van der Waals surface area contributed by atoms with Gasteiger partial charge in [0, 0.05) is 25.7 Å². The summed E-state index contributed by atoms with van der Waals surface area (Å²) >= 11 is 0. The van der Waals surface area contributed by atoms with Gasteiger partial charge in [0.2, 0.25) is 0 Å². The van der Waals surface area contributed by atoms with Crippen LogP contribution in [0.5, 0.6) is 0 Å². The lowest BCUT2D eigenvalue weighted by Crippen LogP contribution is -2.15. The monoisotopic (exact) mass is 392 g/mol. The van der Waals surface area contributed by atoms with Gasteiger partial charge >= 0.3 is 0 Å². The van der Waals surface area contributed by atoms with E-state index in [2.05, 4.69) is 36.4 Å². The molecule has 4 nitrogen and oxygen atoms in total. The molecule has 0 saturated carbocycles. The lowest BCUT2D eigenvalue weighted by Gasteiger charge is -2.22. The highest BCUT2D eigenvalue weighted by molar-refractivity contribution is 5.50. The highest BCUT2D eigenvalue weighted by Crippen LogP contribution is 2.35. The molecule has 2 aromatic rings. The van der Waals surface area contributed by atoms with E-state index >= 15 is 0 Å². The van der Waals surface area contributed by atoms with E-state index in [-0.39, 0.29) is 0 Å².